The number of benzene rings is 2. The molecule has 0 saturated carbocycles. The number of ether oxygens (including phenoxy) is 2. The second-order valence-corrected chi connectivity index (χ2v) is 8.24. The van der Waals surface area contributed by atoms with E-state index in [1.165, 1.54) is 0 Å². The van der Waals surface area contributed by atoms with E-state index in [4.69, 9.17) is 9.47 Å². The number of amides is 4. The third kappa shape index (κ3) is 5.56. The highest BCUT2D eigenvalue weighted by Crippen LogP contribution is 2.28. The van der Waals surface area contributed by atoms with Gasteiger partial charge in [-0.05, 0) is 49.6 Å². The van der Waals surface area contributed by atoms with Gasteiger partial charge < -0.3 is 25.1 Å². The van der Waals surface area contributed by atoms with E-state index in [-0.39, 0.29) is 6.54 Å². The van der Waals surface area contributed by atoms with Crippen molar-refractivity contribution in [3.05, 3.63) is 59.8 Å². The highest BCUT2D eigenvalue weighted by Gasteiger charge is 2.39. The lowest BCUT2D eigenvalue weighted by Crippen LogP contribution is -2.41. The molecule has 1 fully saturated rings. The fourth-order valence-corrected chi connectivity index (χ4v) is 4.18. The smallest absolute Gasteiger partial charge is 0.325 e. The number of aromatic nitrogens is 1. The maximum absolute atomic E-state index is 12.8. The molecule has 1 aliphatic rings. The van der Waals surface area contributed by atoms with Gasteiger partial charge in [-0.25, -0.2) is 4.79 Å². The van der Waals surface area contributed by atoms with Crippen molar-refractivity contribution in [3.8, 4) is 11.5 Å². The first-order valence-electron chi connectivity index (χ1n) is 11.8. The molecule has 1 atom stereocenters. The molecule has 3 aromatic rings. The minimum atomic E-state index is -0.699. The molecule has 35 heavy (non-hydrogen) atoms. The SMILES string of the molecule is CCOc1ccc(CCNC(=O)CN2C(=O)NC(Cc3c[nH]c4ccccc34)C2=O)cc1OCC. The number of hydrogen-bond acceptors (Lipinski definition) is 5. The molecule has 2 aromatic carbocycles. The van der Waals surface area contributed by atoms with Crippen LogP contribution in [0.1, 0.15) is 25.0 Å². The lowest BCUT2D eigenvalue weighted by atomic mass is 10.1. The molecule has 9 heteroatoms. The van der Waals surface area contributed by atoms with Crippen LogP contribution in [0, 0.1) is 0 Å². The highest BCUT2D eigenvalue weighted by molar-refractivity contribution is 6.06. The van der Waals surface area contributed by atoms with Gasteiger partial charge >= 0.3 is 6.03 Å². The number of para-hydroxylation sites is 1. The summed E-state index contributed by atoms with van der Waals surface area (Å²) in [5, 5.41) is 6.49. The van der Waals surface area contributed by atoms with Crippen LogP contribution in [0.3, 0.4) is 0 Å². The summed E-state index contributed by atoms with van der Waals surface area (Å²) in [5.74, 6) is 0.558. The van der Waals surface area contributed by atoms with E-state index in [1.807, 2.05) is 62.5 Å². The van der Waals surface area contributed by atoms with Gasteiger partial charge in [-0.1, -0.05) is 24.3 Å². The number of carbonyl (C=O) groups is 3. The number of H-pyrrole nitrogens is 1. The minimum Gasteiger partial charge on any atom is -0.490 e. The van der Waals surface area contributed by atoms with E-state index < -0.39 is 23.9 Å². The van der Waals surface area contributed by atoms with Gasteiger partial charge in [0.1, 0.15) is 12.6 Å². The number of aromatic amines is 1. The molecule has 0 bridgehead atoms. The maximum atomic E-state index is 12.8. The van der Waals surface area contributed by atoms with Crippen LogP contribution in [0.4, 0.5) is 4.79 Å². The number of hydrogen-bond donors (Lipinski definition) is 3. The van der Waals surface area contributed by atoms with Crippen molar-refractivity contribution in [2.45, 2.75) is 32.7 Å². The van der Waals surface area contributed by atoms with E-state index in [0.717, 1.165) is 26.9 Å². The van der Waals surface area contributed by atoms with Crippen LogP contribution in [0.15, 0.2) is 48.7 Å². The fraction of sp³-hybridized carbons (Fsp3) is 0.346. The number of nitrogens with zero attached hydrogens (tertiary/aromatic N) is 1. The molecule has 1 aromatic heterocycles. The third-order valence-corrected chi connectivity index (χ3v) is 5.85. The van der Waals surface area contributed by atoms with E-state index in [9.17, 15) is 14.4 Å². The minimum absolute atomic E-state index is 0.317. The Morgan fingerprint density at radius 1 is 1.06 bits per heavy atom. The Kier molecular flexibility index (Phi) is 7.54. The number of fused-ring (bicyclic) bond motifs is 1. The topological polar surface area (TPSA) is 113 Å². The maximum Gasteiger partial charge on any atom is 0.325 e. The van der Waals surface area contributed by atoms with Crippen molar-refractivity contribution in [2.24, 2.45) is 0 Å². The fourth-order valence-electron chi connectivity index (χ4n) is 4.18. The predicted octanol–water partition coefficient (Wildman–Crippen LogP) is 2.79. The summed E-state index contributed by atoms with van der Waals surface area (Å²) in [5.41, 5.74) is 2.88. The Bertz CT molecular complexity index is 1220. The number of urea groups is 1. The summed E-state index contributed by atoms with van der Waals surface area (Å²) in [6.07, 6.45) is 2.77. The third-order valence-electron chi connectivity index (χ3n) is 5.85. The average molecular weight is 479 g/mol. The number of carbonyl (C=O) groups excluding carboxylic acids is 3. The average Bonchev–Trinajstić information content (AvgIpc) is 3.37. The normalized spacial score (nSPS) is 15.4. The molecular formula is C26H30N4O5. The first-order chi connectivity index (χ1) is 17.0. The molecular weight excluding hydrogens is 448 g/mol. The van der Waals surface area contributed by atoms with Crippen LogP contribution in [-0.4, -0.2) is 60.1 Å². The molecule has 0 spiro atoms. The molecule has 0 radical (unpaired) electrons. The summed E-state index contributed by atoms with van der Waals surface area (Å²) >= 11 is 0. The van der Waals surface area contributed by atoms with Crippen molar-refractivity contribution in [1.82, 2.24) is 20.5 Å². The van der Waals surface area contributed by atoms with Gasteiger partial charge in [0.25, 0.3) is 5.91 Å². The standard InChI is InChI=1S/C26H30N4O5/c1-3-34-22-10-9-17(13-23(22)35-4-2)11-12-27-24(31)16-30-25(32)21(29-26(30)33)14-18-15-28-20-8-6-5-7-19(18)20/h5-10,13,15,21,28H,3-4,11-12,14,16H2,1-2H3,(H,27,31)(H,29,33). The second kappa shape index (κ2) is 10.9. The molecule has 0 aliphatic carbocycles. The van der Waals surface area contributed by atoms with E-state index >= 15 is 0 Å². The summed E-state index contributed by atoms with van der Waals surface area (Å²) < 4.78 is 11.2. The Morgan fingerprint density at radius 2 is 1.83 bits per heavy atom. The van der Waals surface area contributed by atoms with Crippen molar-refractivity contribution in [1.29, 1.82) is 0 Å². The van der Waals surface area contributed by atoms with Crippen molar-refractivity contribution in [3.63, 3.8) is 0 Å². The Hall–Kier alpha value is -4.01. The van der Waals surface area contributed by atoms with Gasteiger partial charge in [0, 0.05) is 30.1 Å². The second-order valence-electron chi connectivity index (χ2n) is 8.24. The molecule has 184 valence electrons. The number of nitrogens with one attached hydrogen (secondary N) is 3. The van der Waals surface area contributed by atoms with Gasteiger partial charge in [0.05, 0.1) is 13.2 Å². The van der Waals surface area contributed by atoms with Crippen LogP contribution in [0.2, 0.25) is 0 Å². The van der Waals surface area contributed by atoms with Crippen molar-refractivity contribution < 1.29 is 23.9 Å². The molecule has 4 rings (SSSR count). The lowest BCUT2D eigenvalue weighted by molar-refractivity contribution is -0.132. The Labute approximate surface area is 203 Å². The summed E-state index contributed by atoms with van der Waals surface area (Å²) in [6.45, 7) is 4.93. The van der Waals surface area contributed by atoms with Crippen LogP contribution >= 0.6 is 0 Å². The zero-order valence-electron chi connectivity index (χ0n) is 19.9. The summed E-state index contributed by atoms with van der Waals surface area (Å²) in [6, 6.07) is 12.2. The number of imide groups is 1. The quantitative estimate of drug-likeness (QED) is 0.367. The first kappa shape index (κ1) is 24.1. The molecule has 1 aliphatic heterocycles. The molecule has 1 saturated heterocycles. The molecule has 4 amide bonds. The Balaban J connectivity index is 1.29. The highest BCUT2D eigenvalue weighted by atomic mass is 16.5. The molecule has 9 nitrogen and oxygen atoms in total. The Morgan fingerprint density at radius 3 is 2.63 bits per heavy atom. The van der Waals surface area contributed by atoms with E-state index in [2.05, 4.69) is 15.6 Å². The summed E-state index contributed by atoms with van der Waals surface area (Å²) in [4.78, 5) is 41.8. The van der Waals surface area contributed by atoms with Crippen LogP contribution in [0.25, 0.3) is 10.9 Å². The summed E-state index contributed by atoms with van der Waals surface area (Å²) in [7, 11) is 0. The van der Waals surface area contributed by atoms with Gasteiger partial charge in [-0.2, -0.15) is 0 Å². The van der Waals surface area contributed by atoms with Gasteiger partial charge in [0.2, 0.25) is 5.91 Å². The van der Waals surface area contributed by atoms with E-state index in [1.54, 1.807) is 0 Å². The molecule has 2 heterocycles. The van der Waals surface area contributed by atoms with Crippen LogP contribution < -0.4 is 20.1 Å². The zero-order valence-corrected chi connectivity index (χ0v) is 19.9. The lowest BCUT2D eigenvalue weighted by Gasteiger charge is -2.14. The van der Waals surface area contributed by atoms with Crippen LogP contribution in [0.5, 0.6) is 11.5 Å². The largest absolute Gasteiger partial charge is 0.490 e. The van der Waals surface area contributed by atoms with Crippen molar-refractivity contribution in [2.75, 3.05) is 26.3 Å². The number of rotatable bonds is 11. The van der Waals surface area contributed by atoms with Crippen LogP contribution in [-0.2, 0) is 22.4 Å². The van der Waals surface area contributed by atoms with Crippen molar-refractivity contribution >= 4 is 28.7 Å². The first-order valence-corrected chi connectivity index (χ1v) is 11.8. The van der Waals surface area contributed by atoms with E-state index in [0.29, 0.717) is 44.1 Å². The monoisotopic (exact) mass is 478 g/mol. The predicted molar refractivity (Wildman–Crippen MR) is 132 cm³/mol. The van der Waals surface area contributed by atoms with Gasteiger partial charge in [-0.15, -0.1) is 0 Å². The molecule has 3 N–H and O–H groups in total. The van der Waals surface area contributed by atoms with Gasteiger partial charge in [0.15, 0.2) is 11.5 Å². The van der Waals surface area contributed by atoms with Gasteiger partial charge in [-0.3, -0.25) is 14.5 Å². The molecule has 1 unspecified atom stereocenters. The zero-order chi connectivity index (χ0) is 24.8.